The lowest BCUT2D eigenvalue weighted by Gasteiger charge is -2.27. The molecule has 1 saturated carbocycles. The Labute approximate surface area is 217 Å². The number of morpholine rings is 1. The van der Waals surface area contributed by atoms with Crippen LogP contribution in [-0.2, 0) is 19.6 Å². The molecule has 2 fully saturated rings. The molecule has 0 radical (unpaired) electrons. The molecule has 2 aromatic carbocycles. The van der Waals surface area contributed by atoms with Gasteiger partial charge in [-0.2, -0.15) is 14.1 Å². The van der Waals surface area contributed by atoms with Crippen molar-refractivity contribution in [2.75, 3.05) is 31.6 Å². The van der Waals surface area contributed by atoms with Crippen LogP contribution in [0.1, 0.15) is 28.9 Å². The average Bonchev–Trinajstić information content (AvgIpc) is 3.70. The number of amides is 1. The number of sulfonamides is 1. The molecule has 2 aliphatic rings. The number of carbonyl (C=O) groups excluding carboxylic acids is 1. The summed E-state index contributed by atoms with van der Waals surface area (Å²) in [4.78, 5) is 23.9. The number of aromatic carboxylic acids is 1. The third-order valence-corrected chi connectivity index (χ3v) is 8.20. The standard InChI is InChI=1S/C25H25FN4O7S/c1-15-22(25(32)33)28-30(19-4-2-3-17(26)13-19)24(15)37-20-8-7-18(27-23(31)16-5-6-16)14-21(20)38(34,35)29-9-11-36-12-10-29/h2-4,7-8,13-14,16H,5-6,9-12H2,1H3,(H,27,31)(H,32,33). The summed E-state index contributed by atoms with van der Waals surface area (Å²) < 4.78 is 55.1. The van der Waals surface area contributed by atoms with Gasteiger partial charge in [0.1, 0.15) is 16.5 Å². The summed E-state index contributed by atoms with van der Waals surface area (Å²) in [6.07, 6.45) is 1.56. The summed E-state index contributed by atoms with van der Waals surface area (Å²) in [6.45, 7) is 2.16. The SMILES string of the molecule is Cc1c(C(=O)O)nn(-c2cccc(F)c2)c1Oc1ccc(NC(=O)C2CC2)cc1S(=O)(=O)N1CCOCC1. The maximum Gasteiger partial charge on any atom is 0.356 e. The lowest BCUT2D eigenvalue weighted by molar-refractivity contribution is -0.117. The summed E-state index contributed by atoms with van der Waals surface area (Å²) in [5.74, 6) is -2.41. The Balaban J connectivity index is 1.61. The van der Waals surface area contributed by atoms with E-state index in [0.29, 0.717) is 0 Å². The fourth-order valence-corrected chi connectivity index (χ4v) is 5.63. The number of halogens is 1. The highest BCUT2D eigenvalue weighted by molar-refractivity contribution is 7.89. The molecule has 1 aromatic heterocycles. The zero-order chi connectivity index (χ0) is 27.0. The van der Waals surface area contributed by atoms with Crippen LogP contribution in [0.4, 0.5) is 10.1 Å². The maximum atomic E-state index is 14.0. The quantitative estimate of drug-likeness (QED) is 0.441. The number of nitrogens with one attached hydrogen (secondary N) is 1. The van der Waals surface area contributed by atoms with E-state index < -0.39 is 21.8 Å². The molecule has 3 aromatic rings. The monoisotopic (exact) mass is 544 g/mol. The molecule has 1 amide bonds. The van der Waals surface area contributed by atoms with Crippen molar-refractivity contribution < 1.29 is 37.0 Å². The third-order valence-electron chi connectivity index (χ3n) is 6.28. The minimum atomic E-state index is -4.11. The van der Waals surface area contributed by atoms with Gasteiger partial charge in [0.2, 0.25) is 21.8 Å². The van der Waals surface area contributed by atoms with Crippen molar-refractivity contribution in [1.29, 1.82) is 0 Å². The molecule has 1 aliphatic heterocycles. The summed E-state index contributed by atoms with van der Waals surface area (Å²) in [5, 5.41) is 16.5. The molecular weight excluding hydrogens is 519 g/mol. The van der Waals surface area contributed by atoms with Crippen LogP contribution in [0, 0.1) is 18.7 Å². The average molecular weight is 545 g/mol. The maximum absolute atomic E-state index is 14.0. The second-order valence-electron chi connectivity index (χ2n) is 9.02. The number of rotatable bonds is 8. The van der Waals surface area contributed by atoms with Gasteiger partial charge in [-0.15, -0.1) is 0 Å². The van der Waals surface area contributed by atoms with Crippen molar-refractivity contribution in [2.45, 2.75) is 24.7 Å². The number of hydrogen-bond acceptors (Lipinski definition) is 7. The van der Waals surface area contributed by atoms with Gasteiger partial charge in [0.05, 0.1) is 18.9 Å². The smallest absolute Gasteiger partial charge is 0.356 e. The number of aromatic nitrogens is 2. The molecule has 0 bridgehead atoms. The molecule has 200 valence electrons. The second kappa shape index (κ2) is 10.2. The van der Waals surface area contributed by atoms with Crippen LogP contribution >= 0.6 is 0 Å². The molecule has 13 heteroatoms. The van der Waals surface area contributed by atoms with Gasteiger partial charge < -0.3 is 19.9 Å². The van der Waals surface area contributed by atoms with E-state index in [1.165, 1.54) is 47.6 Å². The van der Waals surface area contributed by atoms with E-state index in [9.17, 15) is 27.5 Å². The van der Waals surface area contributed by atoms with Gasteiger partial charge in [-0.3, -0.25) is 4.79 Å². The van der Waals surface area contributed by atoms with Crippen LogP contribution < -0.4 is 10.1 Å². The van der Waals surface area contributed by atoms with Gasteiger partial charge in [0.15, 0.2) is 5.69 Å². The molecule has 2 heterocycles. The van der Waals surface area contributed by atoms with Crippen LogP contribution in [0.2, 0.25) is 0 Å². The van der Waals surface area contributed by atoms with Crippen molar-refractivity contribution in [2.24, 2.45) is 5.92 Å². The van der Waals surface area contributed by atoms with E-state index in [0.717, 1.165) is 23.6 Å². The van der Waals surface area contributed by atoms with E-state index in [-0.39, 0.29) is 77.3 Å². The largest absolute Gasteiger partial charge is 0.476 e. The molecule has 0 unspecified atom stereocenters. The van der Waals surface area contributed by atoms with Crippen LogP contribution in [-0.4, -0.2) is 65.8 Å². The molecule has 5 rings (SSSR count). The Bertz CT molecular complexity index is 1510. The highest BCUT2D eigenvalue weighted by Crippen LogP contribution is 2.37. The minimum Gasteiger partial charge on any atom is -0.476 e. The van der Waals surface area contributed by atoms with Crippen molar-refractivity contribution in [3.63, 3.8) is 0 Å². The first-order valence-corrected chi connectivity index (χ1v) is 13.4. The number of ether oxygens (including phenoxy) is 2. The highest BCUT2D eigenvalue weighted by atomic mass is 32.2. The zero-order valence-electron chi connectivity index (χ0n) is 20.4. The van der Waals surface area contributed by atoms with Crippen molar-refractivity contribution in [1.82, 2.24) is 14.1 Å². The Morgan fingerprint density at radius 3 is 2.55 bits per heavy atom. The fourth-order valence-electron chi connectivity index (χ4n) is 4.08. The first-order valence-electron chi connectivity index (χ1n) is 11.9. The number of hydrogen-bond donors (Lipinski definition) is 2. The molecule has 0 spiro atoms. The topological polar surface area (TPSA) is 140 Å². The number of anilines is 1. The van der Waals surface area contributed by atoms with Gasteiger partial charge in [-0.1, -0.05) is 6.07 Å². The molecule has 11 nitrogen and oxygen atoms in total. The van der Waals surface area contributed by atoms with Gasteiger partial charge >= 0.3 is 5.97 Å². The van der Waals surface area contributed by atoms with Crippen LogP contribution in [0.3, 0.4) is 0 Å². The Hall–Kier alpha value is -3.81. The van der Waals surface area contributed by atoms with E-state index in [1.807, 2.05) is 0 Å². The van der Waals surface area contributed by atoms with E-state index in [2.05, 4.69) is 10.4 Å². The van der Waals surface area contributed by atoms with E-state index in [1.54, 1.807) is 0 Å². The Morgan fingerprint density at radius 2 is 1.89 bits per heavy atom. The van der Waals surface area contributed by atoms with Crippen LogP contribution in [0.15, 0.2) is 47.4 Å². The Kier molecular flexibility index (Phi) is 6.90. The Morgan fingerprint density at radius 1 is 1.16 bits per heavy atom. The number of carboxylic acids is 1. The normalized spacial score (nSPS) is 16.3. The predicted octanol–water partition coefficient (Wildman–Crippen LogP) is 3.18. The summed E-state index contributed by atoms with van der Waals surface area (Å²) in [6, 6.07) is 9.51. The summed E-state index contributed by atoms with van der Waals surface area (Å²) >= 11 is 0. The molecule has 0 atom stereocenters. The molecular formula is C25H25FN4O7S. The lowest BCUT2D eigenvalue weighted by Crippen LogP contribution is -2.40. The number of nitrogens with zero attached hydrogens (tertiary/aromatic N) is 3. The minimum absolute atomic E-state index is 0.0945. The third kappa shape index (κ3) is 5.12. The first kappa shape index (κ1) is 25.8. The fraction of sp³-hybridized carbons (Fsp3) is 0.320. The van der Waals surface area contributed by atoms with Gasteiger partial charge in [0, 0.05) is 30.3 Å². The van der Waals surface area contributed by atoms with E-state index in [4.69, 9.17) is 9.47 Å². The predicted molar refractivity (Wildman–Crippen MR) is 133 cm³/mol. The van der Waals surface area contributed by atoms with Crippen LogP contribution in [0.5, 0.6) is 11.6 Å². The summed E-state index contributed by atoms with van der Waals surface area (Å²) in [5.41, 5.74) is 0.238. The van der Waals surface area contributed by atoms with Gasteiger partial charge in [-0.05, 0) is 56.2 Å². The van der Waals surface area contributed by atoms with Crippen LogP contribution in [0.25, 0.3) is 5.69 Å². The molecule has 2 N–H and O–H groups in total. The zero-order valence-corrected chi connectivity index (χ0v) is 21.2. The molecule has 1 aliphatic carbocycles. The number of carbonyl (C=O) groups is 2. The number of benzene rings is 2. The van der Waals surface area contributed by atoms with Crippen molar-refractivity contribution >= 4 is 27.6 Å². The molecule has 38 heavy (non-hydrogen) atoms. The van der Waals surface area contributed by atoms with Gasteiger partial charge in [0.25, 0.3) is 0 Å². The van der Waals surface area contributed by atoms with E-state index >= 15 is 0 Å². The van der Waals surface area contributed by atoms with Gasteiger partial charge in [-0.25, -0.2) is 17.6 Å². The summed E-state index contributed by atoms with van der Waals surface area (Å²) in [7, 11) is -4.11. The highest BCUT2D eigenvalue weighted by Gasteiger charge is 2.33. The lowest BCUT2D eigenvalue weighted by atomic mass is 10.2. The first-order chi connectivity index (χ1) is 18.1. The van der Waals surface area contributed by atoms with Crippen molar-refractivity contribution in [3.05, 3.63) is 59.5 Å². The second-order valence-corrected chi connectivity index (χ2v) is 10.9. The number of carboxylic acid groups (broad SMARTS) is 1. The van der Waals surface area contributed by atoms with Crippen molar-refractivity contribution in [3.8, 4) is 17.3 Å². The molecule has 1 saturated heterocycles.